The summed E-state index contributed by atoms with van der Waals surface area (Å²) < 4.78 is 5.93. The molecule has 2 rings (SSSR count). The van der Waals surface area contributed by atoms with Gasteiger partial charge in [0, 0.05) is 18.0 Å². The average Bonchev–Trinajstić information content (AvgIpc) is 2.37. The molecule has 0 bridgehead atoms. The third-order valence-corrected chi connectivity index (χ3v) is 3.84. The Morgan fingerprint density at radius 1 is 1.26 bits per heavy atom. The second kappa shape index (κ2) is 6.42. The maximum Gasteiger partial charge on any atom is 0.127 e. The van der Waals surface area contributed by atoms with E-state index in [1.165, 1.54) is 17.5 Å². The summed E-state index contributed by atoms with van der Waals surface area (Å²) in [5.41, 5.74) is 2.69. The van der Waals surface area contributed by atoms with Crippen LogP contribution >= 0.6 is 0 Å². The summed E-state index contributed by atoms with van der Waals surface area (Å²) >= 11 is 0. The van der Waals surface area contributed by atoms with Crippen LogP contribution in [0.5, 0.6) is 5.75 Å². The molecule has 1 heterocycles. The van der Waals surface area contributed by atoms with Gasteiger partial charge in [0.1, 0.15) is 5.75 Å². The molecule has 0 aromatic heterocycles. The van der Waals surface area contributed by atoms with Crippen LogP contribution in [0.2, 0.25) is 0 Å². The summed E-state index contributed by atoms with van der Waals surface area (Å²) in [5.74, 6) is 2.41. The SMILES string of the molecule is CC(C)CCNC1CCOc2c(C(C)C)cccc21. The van der Waals surface area contributed by atoms with Crippen molar-refractivity contribution in [3.05, 3.63) is 29.3 Å². The van der Waals surface area contributed by atoms with E-state index in [-0.39, 0.29) is 0 Å². The fraction of sp³-hybridized carbons (Fsp3) is 0.647. The molecule has 1 aromatic carbocycles. The molecule has 2 heteroatoms. The molecular weight excluding hydrogens is 234 g/mol. The largest absolute Gasteiger partial charge is 0.493 e. The van der Waals surface area contributed by atoms with Crippen LogP contribution in [0.4, 0.5) is 0 Å². The molecule has 0 amide bonds. The predicted molar refractivity (Wildman–Crippen MR) is 80.8 cm³/mol. The fourth-order valence-electron chi connectivity index (χ4n) is 2.66. The highest BCUT2D eigenvalue weighted by Gasteiger charge is 2.23. The molecule has 2 nitrogen and oxygen atoms in total. The van der Waals surface area contributed by atoms with E-state index < -0.39 is 0 Å². The zero-order valence-electron chi connectivity index (χ0n) is 12.7. The minimum Gasteiger partial charge on any atom is -0.493 e. The third-order valence-electron chi connectivity index (χ3n) is 3.84. The molecule has 1 aliphatic heterocycles. The molecule has 19 heavy (non-hydrogen) atoms. The Morgan fingerprint density at radius 3 is 2.74 bits per heavy atom. The number of benzene rings is 1. The maximum atomic E-state index is 5.93. The van der Waals surface area contributed by atoms with Crippen molar-refractivity contribution in [1.82, 2.24) is 5.32 Å². The second-order valence-electron chi connectivity index (χ2n) is 6.25. The molecule has 0 aliphatic carbocycles. The highest BCUT2D eigenvalue weighted by atomic mass is 16.5. The molecule has 0 radical (unpaired) electrons. The Balaban J connectivity index is 2.13. The van der Waals surface area contributed by atoms with E-state index >= 15 is 0 Å². The van der Waals surface area contributed by atoms with Crippen molar-refractivity contribution in [2.24, 2.45) is 5.92 Å². The first-order valence-corrected chi connectivity index (χ1v) is 7.58. The van der Waals surface area contributed by atoms with Crippen LogP contribution in [-0.4, -0.2) is 13.2 Å². The number of hydrogen-bond acceptors (Lipinski definition) is 2. The van der Waals surface area contributed by atoms with E-state index in [2.05, 4.69) is 51.2 Å². The molecule has 0 spiro atoms. The van der Waals surface area contributed by atoms with Gasteiger partial charge < -0.3 is 10.1 Å². The second-order valence-corrected chi connectivity index (χ2v) is 6.25. The molecule has 1 aliphatic rings. The van der Waals surface area contributed by atoms with Crippen LogP contribution in [0.3, 0.4) is 0 Å². The lowest BCUT2D eigenvalue weighted by molar-refractivity contribution is 0.248. The van der Waals surface area contributed by atoms with Gasteiger partial charge in [-0.05, 0) is 30.4 Å². The van der Waals surface area contributed by atoms with E-state index in [1.54, 1.807) is 0 Å². The number of hydrogen-bond donors (Lipinski definition) is 1. The van der Waals surface area contributed by atoms with Gasteiger partial charge in [0.05, 0.1) is 6.61 Å². The first-order valence-electron chi connectivity index (χ1n) is 7.58. The zero-order chi connectivity index (χ0) is 13.8. The maximum absolute atomic E-state index is 5.93. The first kappa shape index (κ1) is 14.4. The van der Waals surface area contributed by atoms with Crippen molar-refractivity contribution in [3.63, 3.8) is 0 Å². The number of para-hydroxylation sites is 1. The predicted octanol–water partition coefficient (Wildman–Crippen LogP) is 4.27. The third kappa shape index (κ3) is 3.50. The molecule has 1 aromatic rings. The van der Waals surface area contributed by atoms with Crippen molar-refractivity contribution in [3.8, 4) is 5.75 Å². The van der Waals surface area contributed by atoms with Crippen molar-refractivity contribution in [2.45, 2.75) is 52.5 Å². The van der Waals surface area contributed by atoms with Gasteiger partial charge >= 0.3 is 0 Å². The van der Waals surface area contributed by atoms with Crippen molar-refractivity contribution < 1.29 is 4.74 Å². The molecule has 106 valence electrons. The van der Waals surface area contributed by atoms with Gasteiger partial charge in [-0.15, -0.1) is 0 Å². The van der Waals surface area contributed by atoms with E-state index in [9.17, 15) is 0 Å². The molecule has 0 saturated carbocycles. The lowest BCUT2D eigenvalue weighted by Gasteiger charge is -2.29. The Bertz CT molecular complexity index is 412. The van der Waals surface area contributed by atoms with Crippen molar-refractivity contribution >= 4 is 0 Å². The van der Waals surface area contributed by atoms with Gasteiger partial charge in [-0.25, -0.2) is 0 Å². The van der Waals surface area contributed by atoms with Crippen LogP contribution in [0, 0.1) is 5.92 Å². The Labute approximate surface area is 117 Å². The highest BCUT2D eigenvalue weighted by molar-refractivity contribution is 5.46. The summed E-state index contributed by atoms with van der Waals surface area (Å²) in [5, 5.41) is 3.70. The average molecular weight is 261 g/mol. The monoisotopic (exact) mass is 261 g/mol. The number of nitrogens with one attached hydrogen (secondary N) is 1. The zero-order valence-corrected chi connectivity index (χ0v) is 12.7. The number of fused-ring (bicyclic) bond motifs is 1. The molecular formula is C17H27NO. The topological polar surface area (TPSA) is 21.3 Å². The van der Waals surface area contributed by atoms with Crippen LogP contribution in [-0.2, 0) is 0 Å². The Kier molecular flexibility index (Phi) is 4.87. The highest BCUT2D eigenvalue weighted by Crippen LogP contribution is 2.37. The number of ether oxygens (including phenoxy) is 1. The van der Waals surface area contributed by atoms with E-state index in [1.807, 2.05) is 0 Å². The lowest BCUT2D eigenvalue weighted by Crippen LogP contribution is -2.29. The van der Waals surface area contributed by atoms with Gasteiger partial charge in [-0.2, -0.15) is 0 Å². The Hall–Kier alpha value is -1.02. The minimum atomic E-state index is 0.459. The summed E-state index contributed by atoms with van der Waals surface area (Å²) in [4.78, 5) is 0. The summed E-state index contributed by atoms with van der Waals surface area (Å²) in [6.45, 7) is 10.9. The fourth-order valence-corrected chi connectivity index (χ4v) is 2.66. The minimum absolute atomic E-state index is 0.459. The molecule has 0 fully saturated rings. The van der Waals surface area contributed by atoms with Gasteiger partial charge in [0.2, 0.25) is 0 Å². The quantitative estimate of drug-likeness (QED) is 0.854. The van der Waals surface area contributed by atoms with Crippen molar-refractivity contribution in [1.29, 1.82) is 0 Å². The lowest BCUT2D eigenvalue weighted by atomic mass is 9.93. The summed E-state index contributed by atoms with van der Waals surface area (Å²) in [6, 6.07) is 7.04. The van der Waals surface area contributed by atoms with Crippen LogP contribution in [0.15, 0.2) is 18.2 Å². The van der Waals surface area contributed by atoms with Gasteiger partial charge in [-0.3, -0.25) is 0 Å². The van der Waals surface area contributed by atoms with Crippen LogP contribution in [0.1, 0.15) is 63.6 Å². The van der Waals surface area contributed by atoms with E-state index in [0.717, 1.165) is 31.2 Å². The smallest absolute Gasteiger partial charge is 0.127 e. The van der Waals surface area contributed by atoms with Crippen LogP contribution in [0.25, 0.3) is 0 Å². The molecule has 0 saturated heterocycles. The normalized spacial score (nSPS) is 18.5. The number of rotatable bonds is 5. The van der Waals surface area contributed by atoms with Crippen LogP contribution < -0.4 is 10.1 Å². The summed E-state index contributed by atoms with van der Waals surface area (Å²) in [6.07, 6.45) is 2.31. The van der Waals surface area contributed by atoms with Gasteiger partial charge in [0.25, 0.3) is 0 Å². The molecule has 1 unspecified atom stereocenters. The van der Waals surface area contributed by atoms with Crippen molar-refractivity contribution in [2.75, 3.05) is 13.2 Å². The summed E-state index contributed by atoms with van der Waals surface area (Å²) in [7, 11) is 0. The first-order chi connectivity index (χ1) is 9.09. The molecule has 1 N–H and O–H groups in total. The van der Waals surface area contributed by atoms with Gasteiger partial charge in [0.15, 0.2) is 0 Å². The Morgan fingerprint density at radius 2 is 2.05 bits per heavy atom. The molecule has 1 atom stereocenters. The van der Waals surface area contributed by atoms with E-state index in [4.69, 9.17) is 4.74 Å². The standard InChI is InChI=1S/C17H27NO/c1-12(2)8-10-18-16-9-11-19-17-14(13(3)4)6-5-7-15(16)17/h5-7,12-13,16,18H,8-11H2,1-4H3. The van der Waals surface area contributed by atoms with E-state index in [0.29, 0.717) is 12.0 Å². The van der Waals surface area contributed by atoms with Gasteiger partial charge in [-0.1, -0.05) is 45.9 Å².